The van der Waals surface area contributed by atoms with Crippen molar-refractivity contribution in [2.24, 2.45) is 0 Å². The highest BCUT2D eigenvalue weighted by Gasteiger charge is 2.26. The van der Waals surface area contributed by atoms with Crippen LogP contribution in [0.5, 0.6) is 5.75 Å². The summed E-state index contributed by atoms with van der Waals surface area (Å²) in [5, 5.41) is 2.75. The molecule has 0 atom stereocenters. The number of nitrogens with one attached hydrogen (secondary N) is 1. The van der Waals surface area contributed by atoms with Crippen LogP contribution in [0.25, 0.3) is 0 Å². The normalized spacial score (nSPS) is 11.3. The second kappa shape index (κ2) is 10.9. The maximum absolute atomic E-state index is 13.7. The third-order valence-corrected chi connectivity index (χ3v) is 6.68. The standard InChI is InChI=1S/C25H28N2O4S/c1-3-25(28)26-23-17-22(15-16-24(23)31-4-2)32(29,30)27(18-20-11-7-5-8-12-20)19-21-13-9-6-10-14-21/h5-17H,3-4,18-19H2,1-2H3,(H,26,28). The van der Waals surface area contributed by atoms with Crippen LogP contribution < -0.4 is 10.1 Å². The summed E-state index contributed by atoms with van der Waals surface area (Å²) in [5.74, 6) is 0.219. The molecule has 1 N–H and O–H groups in total. The van der Waals surface area contributed by atoms with Gasteiger partial charge in [0.15, 0.2) is 0 Å². The lowest BCUT2D eigenvalue weighted by Gasteiger charge is -2.23. The summed E-state index contributed by atoms with van der Waals surface area (Å²) in [5.41, 5.74) is 2.12. The van der Waals surface area contributed by atoms with E-state index in [0.717, 1.165) is 11.1 Å². The number of ether oxygens (including phenoxy) is 1. The number of anilines is 1. The van der Waals surface area contributed by atoms with E-state index >= 15 is 0 Å². The number of hydrogen-bond acceptors (Lipinski definition) is 4. The molecular weight excluding hydrogens is 424 g/mol. The zero-order valence-corrected chi connectivity index (χ0v) is 19.1. The first-order chi connectivity index (χ1) is 15.4. The molecule has 168 valence electrons. The van der Waals surface area contributed by atoms with Crippen molar-refractivity contribution in [3.05, 3.63) is 90.0 Å². The Hall–Kier alpha value is -3.16. The van der Waals surface area contributed by atoms with Gasteiger partial charge < -0.3 is 10.1 Å². The fourth-order valence-corrected chi connectivity index (χ4v) is 4.68. The van der Waals surface area contributed by atoms with Gasteiger partial charge in [-0.25, -0.2) is 8.42 Å². The Labute approximate surface area is 189 Å². The van der Waals surface area contributed by atoms with E-state index in [4.69, 9.17) is 4.74 Å². The van der Waals surface area contributed by atoms with E-state index in [2.05, 4.69) is 5.32 Å². The number of nitrogens with zero attached hydrogens (tertiary/aromatic N) is 1. The summed E-state index contributed by atoms with van der Waals surface area (Å²) in [6.45, 7) is 4.41. The third-order valence-electron chi connectivity index (χ3n) is 4.89. The van der Waals surface area contributed by atoms with Crippen LogP contribution in [0, 0.1) is 0 Å². The maximum Gasteiger partial charge on any atom is 0.243 e. The lowest BCUT2D eigenvalue weighted by Crippen LogP contribution is -2.30. The first-order valence-corrected chi connectivity index (χ1v) is 12.0. The third kappa shape index (κ3) is 5.96. The van der Waals surface area contributed by atoms with E-state index in [1.165, 1.54) is 16.4 Å². The fourth-order valence-electron chi connectivity index (χ4n) is 3.24. The summed E-state index contributed by atoms with van der Waals surface area (Å²) >= 11 is 0. The number of sulfonamides is 1. The van der Waals surface area contributed by atoms with E-state index in [9.17, 15) is 13.2 Å². The molecule has 0 aliphatic heterocycles. The number of hydrogen-bond donors (Lipinski definition) is 1. The minimum Gasteiger partial charge on any atom is -0.492 e. The smallest absolute Gasteiger partial charge is 0.243 e. The summed E-state index contributed by atoms with van der Waals surface area (Å²) in [6.07, 6.45) is 0.274. The zero-order valence-electron chi connectivity index (χ0n) is 18.3. The SMILES string of the molecule is CCOc1ccc(S(=O)(=O)N(Cc2ccccc2)Cc2ccccc2)cc1NC(=O)CC. The predicted molar refractivity (Wildman–Crippen MR) is 126 cm³/mol. The molecule has 0 fully saturated rings. The molecule has 0 saturated carbocycles. The average molecular weight is 453 g/mol. The van der Waals surface area contributed by atoms with Crippen molar-refractivity contribution in [1.29, 1.82) is 0 Å². The second-order valence-electron chi connectivity index (χ2n) is 7.24. The Kier molecular flexibility index (Phi) is 8.03. The Morgan fingerprint density at radius 2 is 1.44 bits per heavy atom. The Morgan fingerprint density at radius 1 is 0.875 bits per heavy atom. The first-order valence-electron chi connectivity index (χ1n) is 10.6. The van der Waals surface area contributed by atoms with E-state index in [1.54, 1.807) is 13.0 Å². The van der Waals surface area contributed by atoms with Gasteiger partial charge in [-0.3, -0.25) is 4.79 Å². The van der Waals surface area contributed by atoms with Crippen molar-refractivity contribution >= 4 is 21.6 Å². The van der Waals surface area contributed by atoms with Gasteiger partial charge in [-0.2, -0.15) is 4.31 Å². The average Bonchev–Trinajstić information content (AvgIpc) is 2.81. The van der Waals surface area contributed by atoms with Crippen LogP contribution >= 0.6 is 0 Å². The van der Waals surface area contributed by atoms with Crippen LogP contribution in [0.15, 0.2) is 83.8 Å². The molecule has 3 aromatic carbocycles. The molecule has 0 aliphatic carbocycles. The van der Waals surface area contributed by atoms with Crippen LogP contribution in [0.4, 0.5) is 5.69 Å². The van der Waals surface area contributed by atoms with Crippen molar-refractivity contribution in [3.63, 3.8) is 0 Å². The number of rotatable bonds is 10. The van der Waals surface area contributed by atoms with Gasteiger partial charge in [-0.15, -0.1) is 0 Å². The molecule has 0 spiro atoms. The van der Waals surface area contributed by atoms with Crippen LogP contribution in [-0.2, 0) is 27.9 Å². The molecule has 0 bridgehead atoms. The summed E-state index contributed by atoms with van der Waals surface area (Å²) in [4.78, 5) is 12.1. The van der Waals surface area contributed by atoms with Crippen molar-refractivity contribution in [3.8, 4) is 5.75 Å². The van der Waals surface area contributed by atoms with Gasteiger partial charge >= 0.3 is 0 Å². The van der Waals surface area contributed by atoms with Gasteiger partial charge in [-0.05, 0) is 36.2 Å². The van der Waals surface area contributed by atoms with Crippen LogP contribution in [0.3, 0.4) is 0 Å². The topological polar surface area (TPSA) is 75.7 Å². The molecule has 0 saturated heterocycles. The van der Waals surface area contributed by atoms with Gasteiger partial charge in [0.1, 0.15) is 5.75 Å². The minimum absolute atomic E-state index is 0.0965. The number of benzene rings is 3. The quantitative estimate of drug-likeness (QED) is 0.478. The van der Waals surface area contributed by atoms with Gasteiger partial charge in [0.2, 0.25) is 15.9 Å². The molecule has 3 aromatic rings. The molecule has 0 unspecified atom stereocenters. The first kappa shape index (κ1) is 23.5. The second-order valence-corrected chi connectivity index (χ2v) is 9.17. The Balaban J connectivity index is 2.00. The van der Waals surface area contributed by atoms with Gasteiger partial charge in [0.25, 0.3) is 0 Å². The molecule has 7 heteroatoms. The Morgan fingerprint density at radius 3 is 1.94 bits per heavy atom. The monoisotopic (exact) mass is 452 g/mol. The lowest BCUT2D eigenvalue weighted by atomic mass is 10.2. The van der Waals surface area contributed by atoms with E-state index < -0.39 is 10.0 Å². The number of amides is 1. The van der Waals surface area contributed by atoms with E-state index in [-0.39, 0.29) is 30.3 Å². The molecular formula is C25H28N2O4S. The van der Waals surface area contributed by atoms with Crippen molar-refractivity contribution in [2.75, 3.05) is 11.9 Å². The highest BCUT2D eigenvalue weighted by Crippen LogP contribution is 2.30. The zero-order chi connectivity index (χ0) is 23.0. The van der Waals surface area contributed by atoms with E-state index in [0.29, 0.717) is 18.0 Å². The molecule has 6 nitrogen and oxygen atoms in total. The van der Waals surface area contributed by atoms with Crippen LogP contribution in [0.1, 0.15) is 31.4 Å². The van der Waals surface area contributed by atoms with E-state index in [1.807, 2.05) is 67.6 Å². The van der Waals surface area contributed by atoms with Crippen molar-refractivity contribution < 1.29 is 17.9 Å². The lowest BCUT2D eigenvalue weighted by molar-refractivity contribution is -0.115. The number of carbonyl (C=O) groups is 1. The summed E-state index contributed by atoms with van der Waals surface area (Å²) in [6, 6.07) is 23.5. The van der Waals surface area contributed by atoms with Gasteiger partial charge in [-0.1, -0.05) is 67.6 Å². The summed E-state index contributed by atoms with van der Waals surface area (Å²) in [7, 11) is -3.87. The predicted octanol–water partition coefficient (Wildman–Crippen LogP) is 4.82. The maximum atomic E-state index is 13.7. The van der Waals surface area contributed by atoms with Gasteiger partial charge in [0.05, 0.1) is 17.2 Å². The largest absolute Gasteiger partial charge is 0.492 e. The summed E-state index contributed by atoms with van der Waals surface area (Å²) < 4.78 is 34.4. The van der Waals surface area contributed by atoms with Crippen molar-refractivity contribution in [1.82, 2.24) is 4.31 Å². The molecule has 0 radical (unpaired) electrons. The van der Waals surface area contributed by atoms with Crippen molar-refractivity contribution in [2.45, 2.75) is 38.3 Å². The molecule has 32 heavy (non-hydrogen) atoms. The Bertz CT molecular complexity index is 1090. The fraction of sp³-hybridized carbons (Fsp3) is 0.240. The van der Waals surface area contributed by atoms with Crippen LogP contribution in [-0.4, -0.2) is 25.2 Å². The van der Waals surface area contributed by atoms with Crippen LogP contribution in [0.2, 0.25) is 0 Å². The van der Waals surface area contributed by atoms with Gasteiger partial charge in [0, 0.05) is 19.5 Å². The number of carbonyl (C=O) groups excluding carboxylic acids is 1. The highest BCUT2D eigenvalue weighted by molar-refractivity contribution is 7.89. The molecule has 0 aromatic heterocycles. The highest BCUT2D eigenvalue weighted by atomic mass is 32.2. The molecule has 1 amide bonds. The molecule has 0 heterocycles. The minimum atomic E-state index is -3.87. The molecule has 0 aliphatic rings. The molecule has 3 rings (SSSR count).